The Labute approximate surface area is 89.4 Å². The van der Waals surface area contributed by atoms with E-state index >= 15 is 0 Å². The monoisotopic (exact) mass is 205 g/mol. The van der Waals surface area contributed by atoms with E-state index in [9.17, 15) is 4.79 Å². The summed E-state index contributed by atoms with van der Waals surface area (Å²) in [4.78, 5) is 15.4. The van der Waals surface area contributed by atoms with E-state index in [0.29, 0.717) is 19.6 Å². The summed E-state index contributed by atoms with van der Waals surface area (Å²) in [5.74, 6) is -0.0393. The molecule has 0 saturated carbocycles. The predicted molar refractivity (Wildman–Crippen MR) is 59.2 cm³/mol. The molecule has 1 aromatic rings. The molecule has 0 aliphatic carbocycles. The Morgan fingerprint density at radius 3 is 3.07 bits per heavy atom. The maximum atomic E-state index is 11.3. The van der Waals surface area contributed by atoms with Gasteiger partial charge in [0.1, 0.15) is 0 Å². The number of carbonyl (C=O) groups excluding carboxylic acids is 1. The molecule has 1 amide bonds. The van der Waals surface area contributed by atoms with E-state index < -0.39 is 0 Å². The number of amides is 1. The average molecular weight is 205 g/mol. The molecule has 1 aromatic heterocycles. The molecule has 0 aliphatic rings. The Morgan fingerprint density at radius 1 is 1.53 bits per heavy atom. The Bertz CT molecular complexity index is 311. The maximum absolute atomic E-state index is 11.3. The van der Waals surface area contributed by atoms with Crippen molar-refractivity contribution in [1.29, 1.82) is 0 Å². The zero-order valence-corrected chi connectivity index (χ0v) is 8.57. The van der Waals surface area contributed by atoms with Gasteiger partial charge in [0.15, 0.2) is 0 Å². The summed E-state index contributed by atoms with van der Waals surface area (Å²) in [7, 11) is 0. The van der Waals surface area contributed by atoms with Gasteiger partial charge in [0.05, 0.1) is 18.8 Å². The van der Waals surface area contributed by atoms with E-state index in [1.165, 1.54) is 0 Å². The van der Waals surface area contributed by atoms with E-state index in [1.54, 1.807) is 12.3 Å². The summed E-state index contributed by atoms with van der Waals surface area (Å²) >= 11 is 0. The van der Waals surface area contributed by atoms with Crippen molar-refractivity contribution in [2.75, 3.05) is 13.1 Å². The van der Waals surface area contributed by atoms with Crippen molar-refractivity contribution in [3.05, 3.63) is 42.7 Å². The van der Waals surface area contributed by atoms with Crippen LogP contribution in [0.3, 0.4) is 0 Å². The van der Waals surface area contributed by atoms with E-state index in [0.717, 1.165) is 5.69 Å². The van der Waals surface area contributed by atoms with Crippen molar-refractivity contribution in [2.24, 2.45) is 0 Å². The summed E-state index contributed by atoms with van der Waals surface area (Å²) in [6.45, 7) is 4.95. The summed E-state index contributed by atoms with van der Waals surface area (Å²) < 4.78 is 0. The van der Waals surface area contributed by atoms with Crippen LogP contribution in [0.1, 0.15) is 5.69 Å². The standard InChI is InChI=1S/C11H15N3O/c1-2-6-12-9-11(15)14-8-10-5-3-4-7-13-10/h2-5,7,12H,1,6,8-9H2,(H,14,15). The van der Waals surface area contributed by atoms with Gasteiger partial charge in [-0.3, -0.25) is 9.78 Å². The fourth-order valence-electron chi connectivity index (χ4n) is 1.04. The number of aromatic nitrogens is 1. The van der Waals surface area contributed by atoms with Gasteiger partial charge in [0, 0.05) is 12.7 Å². The summed E-state index contributed by atoms with van der Waals surface area (Å²) in [5.41, 5.74) is 0.856. The molecule has 0 aliphatic heterocycles. The molecule has 4 nitrogen and oxygen atoms in total. The normalized spacial score (nSPS) is 9.60. The highest BCUT2D eigenvalue weighted by Gasteiger charge is 1.99. The Morgan fingerprint density at radius 2 is 2.40 bits per heavy atom. The van der Waals surface area contributed by atoms with Gasteiger partial charge >= 0.3 is 0 Å². The first-order valence-corrected chi connectivity index (χ1v) is 4.81. The number of rotatable bonds is 6. The van der Waals surface area contributed by atoms with Crippen molar-refractivity contribution in [3.63, 3.8) is 0 Å². The van der Waals surface area contributed by atoms with E-state index in [1.807, 2.05) is 18.2 Å². The number of hydrogen-bond donors (Lipinski definition) is 2. The van der Waals surface area contributed by atoms with Crippen molar-refractivity contribution in [2.45, 2.75) is 6.54 Å². The highest BCUT2D eigenvalue weighted by Crippen LogP contribution is 1.91. The van der Waals surface area contributed by atoms with Gasteiger partial charge in [-0.25, -0.2) is 0 Å². The first-order valence-electron chi connectivity index (χ1n) is 4.81. The molecule has 2 N–H and O–H groups in total. The summed E-state index contributed by atoms with van der Waals surface area (Å²) in [6.07, 6.45) is 3.42. The van der Waals surface area contributed by atoms with Gasteiger partial charge in [-0.05, 0) is 12.1 Å². The smallest absolute Gasteiger partial charge is 0.234 e. The fourth-order valence-corrected chi connectivity index (χ4v) is 1.04. The Balaban J connectivity index is 2.20. The maximum Gasteiger partial charge on any atom is 0.234 e. The van der Waals surface area contributed by atoms with Gasteiger partial charge in [-0.2, -0.15) is 0 Å². The molecule has 0 spiro atoms. The van der Waals surface area contributed by atoms with E-state index in [4.69, 9.17) is 0 Å². The van der Waals surface area contributed by atoms with Crippen LogP contribution in [0, 0.1) is 0 Å². The minimum absolute atomic E-state index is 0.0393. The van der Waals surface area contributed by atoms with E-state index in [-0.39, 0.29) is 5.91 Å². The van der Waals surface area contributed by atoms with Gasteiger partial charge in [-0.1, -0.05) is 12.1 Å². The van der Waals surface area contributed by atoms with Gasteiger partial charge in [0.2, 0.25) is 5.91 Å². The summed E-state index contributed by atoms with van der Waals surface area (Å²) in [6, 6.07) is 5.61. The van der Waals surface area contributed by atoms with Crippen LogP contribution in [0.25, 0.3) is 0 Å². The molecular formula is C11H15N3O. The highest BCUT2D eigenvalue weighted by atomic mass is 16.1. The molecule has 0 aromatic carbocycles. The quantitative estimate of drug-likeness (QED) is 0.524. The highest BCUT2D eigenvalue weighted by molar-refractivity contribution is 5.77. The van der Waals surface area contributed by atoms with Crippen molar-refractivity contribution in [3.8, 4) is 0 Å². The third-order valence-electron chi connectivity index (χ3n) is 1.77. The molecule has 1 rings (SSSR count). The van der Waals surface area contributed by atoms with Crippen LogP contribution in [0.2, 0.25) is 0 Å². The van der Waals surface area contributed by atoms with Crippen molar-refractivity contribution in [1.82, 2.24) is 15.6 Å². The van der Waals surface area contributed by atoms with Gasteiger partial charge in [-0.15, -0.1) is 6.58 Å². The van der Waals surface area contributed by atoms with Gasteiger partial charge < -0.3 is 10.6 Å². The van der Waals surface area contributed by atoms with Crippen LogP contribution in [0.15, 0.2) is 37.1 Å². The van der Waals surface area contributed by atoms with Crippen LogP contribution in [-0.4, -0.2) is 24.0 Å². The fraction of sp³-hybridized carbons (Fsp3) is 0.273. The summed E-state index contributed by atoms with van der Waals surface area (Å²) in [5, 5.41) is 5.68. The van der Waals surface area contributed by atoms with Crippen molar-refractivity contribution >= 4 is 5.91 Å². The minimum atomic E-state index is -0.0393. The third kappa shape index (κ3) is 4.93. The first-order chi connectivity index (χ1) is 7.33. The van der Waals surface area contributed by atoms with Crippen LogP contribution in [0.5, 0.6) is 0 Å². The number of nitrogens with one attached hydrogen (secondary N) is 2. The van der Waals surface area contributed by atoms with Crippen molar-refractivity contribution < 1.29 is 4.79 Å². The van der Waals surface area contributed by atoms with Crippen LogP contribution >= 0.6 is 0 Å². The molecule has 1 heterocycles. The third-order valence-corrected chi connectivity index (χ3v) is 1.77. The number of carbonyl (C=O) groups is 1. The van der Waals surface area contributed by atoms with Gasteiger partial charge in [0.25, 0.3) is 0 Å². The number of hydrogen-bond acceptors (Lipinski definition) is 3. The first kappa shape index (κ1) is 11.4. The Kier molecular flexibility index (Phi) is 5.11. The lowest BCUT2D eigenvalue weighted by Crippen LogP contribution is -2.33. The van der Waals surface area contributed by atoms with Crippen LogP contribution in [-0.2, 0) is 11.3 Å². The zero-order valence-electron chi connectivity index (χ0n) is 8.57. The molecule has 0 saturated heterocycles. The molecule has 80 valence electrons. The topological polar surface area (TPSA) is 54.0 Å². The molecule has 0 bridgehead atoms. The van der Waals surface area contributed by atoms with Crippen LogP contribution in [0.4, 0.5) is 0 Å². The van der Waals surface area contributed by atoms with Crippen LogP contribution < -0.4 is 10.6 Å². The average Bonchev–Trinajstić information content (AvgIpc) is 2.28. The zero-order chi connectivity index (χ0) is 10.9. The molecule has 0 atom stereocenters. The molecule has 0 unspecified atom stereocenters. The second kappa shape index (κ2) is 6.73. The Hall–Kier alpha value is -1.68. The molecule has 15 heavy (non-hydrogen) atoms. The second-order valence-corrected chi connectivity index (χ2v) is 3.02. The lowest BCUT2D eigenvalue weighted by atomic mass is 10.3. The molecule has 0 fully saturated rings. The second-order valence-electron chi connectivity index (χ2n) is 3.02. The molecule has 4 heteroatoms. The number of nitrogens with zero attached hydrogens (tertiary/aromatic N) is 1. The molecular weight excluding hydrogens is 190 g/mol. The lowest BCUT2D eigenvalue weighted by molar-refractivity contribution is -0.120. The minimum Gasteiger partial charge on any atom is -0.349 e. The lowest BCUT2D eigenvalue weighted by Gasteiger charge is -2.04. The SMILES string of the molecule is C=CCNCC(=O)NCc1ccccn1. The van der Waals surface area contributed by atoms with E-state index in [2.05, 4.69) is 22.2 Å². The number of pyridine rings is 1. The predicted octanol–water partition coefficient (Wildman–Crippen LogP) is 0.473. The molecule has 0 radical (unpaired) electrons. The largest absolute Gasteiger partial charge is 0.349 e.